The van der Waals surface area contributed by atoms with Crippen molar-refractivity contribution >= 4 is 20.9 Å². The van der Waals surface area contributed by atoms with E-state index in [-0.39, 0.29) is 10.8 Å². The smallest absolute Gasteiger partial charge is 0.241 e. The van der Waals surface area contributed by atoms with Crippen molar-refractivity contribution in [3.05, 3.63) is 65.9 Å². The average molecular weight is 324 g/mol. The van der Waals surface area contributed by atoms with Crippen LogP contribution in [0.5, 0.6) is 0 Å². The van der Waals surface area contributed by atoms with Crippen LogP contribution in [0.1, 0.15) is 24.0 Å². The molecule has 1 heterocycles. The van der Waals surface area contributed by atoms with Crippen LogP contribution in [0, 0.1) is 18.3 Å². The molecular formula is C18H16N2O2S. The van der Waals surface area contributed by atoms with Gasteiger partial charge in [-0.3, -0.25) is 0 Å². The molecule has 0 aliphatic carbocycles. The molecule has 0 amide bonds. The molecule has 3 rings (SSSR count). The number of nitriles is 1. The fraction of sp³-hybridized carbons (Fsp3) is 0.167. The quantitative estimate of drug-likeness (QED) is 0.736. The second kappa shape index (κ2) is 5.56. The molecule has 0 N–H and O–H groups in total. The van der Waals surface area contributed by atoms with Crippen LogP contribution in [0.4, 0.5) is 0 Å². The zero-order valence-corrected chi connectivity index (χ0v) is 13.7. The first kappa shape index (κ1) is 15.3. The molecule has 3 aromatic rings. The number of benzene rings is 2. The molecule has 0 saturated carbocycles. The Hall–Kier alpha value is -2.58. The standard InChI is InChI=1S/C18H16N2O2S/c1-13-7-9-15(10-8-13)23(21,22)20-12-17(14(2)11-19)16-5-3-4-6-18(16)20/h3-10,12,14H,1-2H3/t14-/m0/s1. The summed E-state index contributed by atoms with van der Waals surface area (Å²) < 4.78 is 27.2. The summed E-state index contributed by atoms with van der Waals surface area (Å²) in [4.78, 5) is 0.236. The average Bonchev–Trinajstić information content (AvgIpc) is 2.95. The Morgan fingerprint density at radius 2 is 1.74 bits per heavy atom. The van der Waals surface area contributed by atoms with Crippen LogP contribution in [0.3, 0.4) is 0 Å². The highest BCUT2D eigenvalue weighted by molar-refractivity contribution is 7.90. The van der Waals surface area contributed by atoms with Gasteiger partial charge in [0.1, 0.15) is 0 Å². The lowest BCUT2D eigenvalue weighted by atomic mass is 10.0. The van der Waals surface area contributed by atoms with Crippen molar-refractivity contribution in [1.29, 1.82) is 5.26 Å². The van der Waals surface area contributed by atoms with Gasteiger partial charge in [-0.25, -0.2) is 12.4 Å². The number of nitrogens with zero attached hydrogens (tertiary/aromatic N) is 2. The van der Waals surface area contributed by atoms with Crippen molar-refractivity contribution < 1.29 is 8.42 Å². The summed E-state index contributed by atoms with van der Waals surface area (Å²) >= 11 is 0. The molecule has 2 aromatic carbocycles. The van der Waals surface area contributed by atoms with Gasteiger partial charge in [-0.1, -0.05) is 35.9 Å². The van der Waals surface area contributed by atoms with Crippen LogP contribution in [0.15, 0.2) is 59.6 Å². The molecule has 1 aromatic heterocycles. The third-order valence-electron chi connectivity index (χ3n) is 3.95. The van der Waals surface area contributed by atoms with E-state index in [0.717, 1.165) is 16.5 Å². The molecule has 0 aliphatic rings. The first-order valence-electron chi connectivity index (χ1n) is 7.27. The predicted octanol–water partition coefficient (Wildman–Crippen LogP) is 3.81. The molecule has 0 unspecified atom stereocenters. The van der Waals surface area contributed by atoms with E-state index >= 15 is 0 Å². The lowest BCUT2D eigenvalue weighted by Crippen LogP contribution is -2.11. The van der Waals surface area contributed by atoms with Gasteiger partial charge in [0, 0.05) is 11.6 Å². The maximum atomic E-state index is 13.0. The number of aryl methyl sites for hydroxylation is 1. The van der Waals surface area contributed by atoms with Crippen LogP contribution in [-0.4, -0.2) is 12.4 Å². The zero-order chi connectivity index (χ0) is 16.6. The Morgan fingerprint density at radius 1 is 1.09 bits per heavy atom. The molecule has 116 valence electrons. The van der Waals surface area contributed by atoms with E-state index < -0.39 is 10.0 Å². The normalized spacial score (nSPS) is 12.9. The minimum absolute atomic E-state index is 0.236. The number of aromatic nitrogens is 1. The van der Waals surface area contributed by atoms with Gasteiger partial charge in [-0.2, -0.15) is 5.26 Å². The SMILES string of the molecule is Cc1ccc(S(=O)(=O)n2cc([C@@H](C)C#N)c3ccccc32)cc1. The fourth-order valence-corrected chi connectivity index (χ4v) is 3.99. The summed E-state index contributed by atoms with van der Waals surface area (Å²) in [7, 11) is -3.70. The second-order valence-corrected chi connectivity index (χ2v) is 7.38. The minimum atomic E-state index is -3.70. The van der Waals surface area contributed by atoms with Gasteiger partial charge in [-0.15, -0.1) is 0 Å². The number of hydrogen-bond acceptors (Lipinski definition) is 3. The summed E-state index contributed by atoms with van der Waals surface area (Å²) in [5.41, 5.74) is 2.31. The molecule has 23 heavy (non-hydrogen) atoms. The van der Waals surface area contributed by atoms with Crippen molar-refractivity contribution in [3.63, 3.8) is 0 Å². The van der Waals surface area contributed by atoms with Crippen molar-refractivity contribution in [1.82, 2.24) is 3.97 Å². The van der Waals surface area contributed by atoms with Gasteiger partial charge >= 0.3 is 0 Å². The topological polar surface area (TPSA) is 62.9 Å². The van der Waals surface area contributed by atoms with Crippen molar-refractivity contribution in [2.45, 2.75) is 24.7 Å². The van der Waals surface area contributed by atoms with E-state index in [4.69, 9.17) is 0 Å². The molecule has 1 atom stereocenters. The Balaban J connectivity index is 2.28. The number of hydrogen-bond donors (Lipinski definition) is 0. The number of rotatable bonds is 3. The lowest BCUT2D eigenvalue weighted by Gasteiger charge is -2.07. The summed E-state index contributed by atoms with van der Waals surface area (Å²) in [6.45, 7) is 3.68. The summed E-state index contributed by atoms with van der Waals surface area (Å²) in [5, 5.41) is 9.99. The Kier molecular flexibility index (Phi) is 3.70. The van der Waals surface area contributed by atoms with Crippen LogP contribution in [0.25, 0.3) is 10.9 Å². The third-order valence-corrected chi connectivity index (χ3v) is 5.63. The maximum Gasteiger partial charge on any atom is 0.268 e. The molecule has 4 nitrogen and oxygen atoms in total. The van der Waals surface area contributed by atoms with Crippen LogP contribution < -0.4 is 0 Å². The van der Waals surface area contributed by atoms with E-state index in [2.05, 4.69) is 6.07 Å². The van der Waals surface area contributed by atoms with Gasteiger partial charge in [0.25, 0.3) is 10.0 Å². The van der Waals surface area contributed by atoms with E-state index in [1.165, 1.54) is 3.97 Å². The molecular weight excluding hydrogens is 308 g/mol. The van der Waals surface area contributed by atoms with E-state index in [1.807, 2.05) is 19.1 Å². The highest BCUT2D eigenvalue weighted by Gasteiger charge is 2.22. The molecule has 0 fully saturated rings. The van der Waals surface area contributed by atoms with Crippen molar-refractivity contribution in [3.8, 4) is 6.07 Å². The van der Waals surface area contributed by atoms with Crippen molar-refractivity contribution in [2.24, 2.45) is 0 Å². The van der Waals surface area contributed by atoms with Gasteiger partial charge in [0.15, 0.2) is 0 Å². The largest absolute Gasteiger partial charge is 0.268 e. The second-order valence-electron chi connectivity index (χ2n) is 5.57. The van der Waals surface area contributed by atoms with E-state index in [1.54, 1.807) is 49.5 Å². The van der Waals surface area contributed by atoms with Gasteiger partial charge in [-0.05, 0) is 37.6 Å². The van der Waals surface area contributed by atoms with Crippen LogP contribution in [0.2, 0.25) is 0 Å². The fourth-order valence-electron chi connectivity index (χ4n) is 2.61. The minimum Gasteiger partial charge on any atom is -0.241 e. The monoisotopic (exact) mass is 324 g/mol. The Bertz CT molecular complexity index is 1010. The maximum absolute atomic E-state index is 13.0. The lowest BCUT2D eigenvalue weighted by molar-refractivity contribution is 0.589. The Morgan fingerprint density at radius 3 is 2.39 bits per heavy atom. The molecule has 0 radical (unpaired) electrons. The molecule has 0 saturated heterocycles. The van der Waals surface area contributed by atoms with Crippen LogP contribution in [-0.2, 0) is 10.0 Å². The highest BCUT2D eigenvalue weighted by Crippen LogP contribution is 2.30. The molecule has 0 bridgehead atoms. The third kappa shape index (κ3) is 2.51. The van der Waals surface area contributed by atoms with Crippen molar-refractivity contribution in [2.75, 3.05) is 0 Å². The van der Waals surface area contributed by atoms with Gasteiger partial charge < -0.3 is 0 Å². The number of para-hydroxylation sites is 1. The summed E-state index contributed by atoms with van der Waals surface area (Å²) in [6, 6.07) is 16.2. The number of fused-ring (bicyclic) bond motifs is 1. The first-order chi connectivity index (χ1) is 10.9. The summed E-state index contributed by atoms with van der Waals surface area (Å²) in [6.07, 6.45) is 1.56. The van der Waals surface area contributed by atoms with Gasteiger partial charge in [0.2, 0.25) is 0 Å². The predicted molar refractivity (Wildman–Crippen MR) is 89.7 cm³/mol. The highest BCUT2D eigenvalue weighted by atomic mass is 32.2. The first-order valence-corrected chi connectivity index (χ1v) is 8.71. The van der Waals surface area contributed by atoms with Gasteiger partial charge in [0.05, 0.1) is 22.4 Å². The summed E-state index contributed by atoms with van der Waals surface area (Å²) in [5.74, 6) is -0.380. The molecule has 0 spiro atoms. The van der Waals surface area contributed by atoms with E-state index in [9.17, 15) is 13.7 Å². The Labute approximate surface area is 135 Å². The van der Waals surface area contributed by atoms with Crippen LogP contribution >= 0.6 is 0 Å². The van der Waals surface area contributed by atoms with E-state index in [0.29, 0.717) is 5.52 Å². The molecule has 5 heteroatoms. The molecule has 0 aliphatic heterocycles. The zero-order valence-electron chi connectivity index (χ0n) is 12.9.